The molecule has 0 radical (unpaired) electrons. The molecule has 0 saturated heterocycles. The third-order valence-electron chi connectivity index (χ3n) is 4.59. The molecule has 34 heavy (non-hydrogen) atoms. The molecule has 0 aromatic heterocycles. The fourth-order valence-corrected chi connectivity index (χ4v) is 3.96. The van der Waals surface area contributed by atoms with Crippen molar-refractivity contribution in [3.8, 4) is 0 Å². The highest BCUT2D eigenvalue weighted by Gasteiger charge is 2.27. The normalized spacial score (nSPS) is 11.2. The summed E-state index contributed by atoms with van der Waals surface area (Å²) in [6.07, 6.45) is -0.984. The minimum atomic E-state index is -0.929. The predicted molar refractivity (Wildman–Crippen MR) is 132 cm³/mol. The maximum absolute atomic E-state index is 12.9. The monoisotopic (exact) mass is 477 g/mol. The van der Waals surface area contributed by atoms with Crippen molar-refractivity contribution in [2.24, 2.45) is 5.73 Å². The van der Waals surface area contributed by atoms with E-state index in [1.807, 2.05) is 42.5 Å². The summed E-state index contributed by atoms with van der Waals surface area (Å²) in [5.74, 6) is -1.10. The molecule has 3 rings (SSSR count). The number of nitrogens with one attached hydrogen (secondary N) is 2. The van der Waals surface area contributed by atoms with Gasteiger partial charge in [-0.3, -0.25) is 15.3 Å². The number of guanidine groups is 1. The predicted octanol–water partition coefficient (Wildman–Crippen LogP) is 4.07. The summed E-state index contributed by atoms with van der Waals surface area (Å²) in [5, 5.41) is 5.62. The first-order chi connectivity index (χ1) is 16.4. The molecule has 0 fully saturated rings. The number of rotatable bonds is 6. The van der Waals surface area contributed by atoms with E-state index in [1.54, 1.807) is 36.4 Å². The van der Waals surface area contributed by atoms with Crippen LogP contribution < -0.4 is 16.4 Å². The van der Waals surface area contributed by atoms with Crippen molar-refractivity contribution in [3.63, 3.8) is 0 Å². The van der Waals surface area contributed by atoms with E-state index >= 15 is 0 Å². The maximum atomic E-state index is 12.9. The number of benzene rings is 3. The van der Waals surface area contributed by atoms with Gasteiger partial charge in [0.1, 0.15) is 5.69 Å². The SMILES string of the molecule is COC(=O)[N+](C(=O)Cc1ccccc1)=C(N)Nc1cc(Sc2ccccc2)ccc1NC(C)=O. The fourth-order valence-electron chi connectivity index (χ4n) is 3.08. The van der Waals surface area contributed by atoms with Crippen molar-refractivity contribution in [2.75, 3.05) is 17.7 Å². The molecule has 8 nitrogen and oxygen atoms in total. The standard InChI is InChI=1S/C25H24N4O4S/c1-17(30)27-21-14-13-20(34-19-11-7-4-8-12-19)16-22(21)28-24(26)29(25(32)33-2)23(31)15-18-9-5-3-6-10-18/h3-14,16H,15H2,1-2H3,(H3,26,27,28,30)/p+1. The molecule has 3 amide bonds. The first-order valence-corrected chi connectivity index (χ1v) is 11.2. The van der Waals surface area contributed by atoms with E-state index in [2.05, 4.69) is 10.6 Å². The molecule has 9 heteroatoms. The molecule has 3 aromatic carbocycles. The summed E-state index contributed by atoms with van der Waals surface area (Å²) in [6, 6.07) is 24.1. The molecule has 0 spiro atoms. The fraction of sp³-hybridized carbons (Fsp3) is 0.120. The van der Waals surface area contributed by atoms with Crippen LogP contribution in [0.25, 0.3) is 0 Å². The highest BCUT2D eigenvalue weighted by atomic mass is 32.2. The van der Waals surface area contributed by atoms with E-state index < -0.39 is 12.0 Å². The molecular weight excluding hydrogens is 452 g/mol. The summed E-state index contributed by atoms with van der Waals surface area (Å²) >= 11 is 1.51. The lowest BCUT2D eigenvalue weighted by Gasteiger charge is -2.12. The Morgan fingerprint density at radius 1 is 0.882 bits per heavy atom. The quantitative estimate of drug-likeness (QED) is 0.279. The van der Waals surface area contributed by atoms with E-state index in [9.17, 15) is 14.4 Å². The van der Waals surface area contributed by atoms with Gasteiger partial charge in [0.05, 0.1) is 19.2 Å². The molecule has 174 valence electrons. The van der Waals surface area contributed by atoms with E-state index in [4.69, 9.17) is 10.5 Å². The first kappa shape index (κ1) is 24.5. The smallest absolute Gasteiger partial charge is 0.440 e. The number of ether oxygens (including phenoxy) is 1. The number of carbonyl (C=O) groups is 3. The zero-order valence-corrected chi connectivity index (χ0v) is 19.6. The van der Waals surface area contributed by atoms with Gasteiger partial charge in [-0.25, -0.2) is 10.1 Å². The largest absolute Gasteiger partial charge is 0.485 e. The second kappa shape index (κ2) is 11.7. The lowest BCUT2D eigenvalue weighted by molar-refractivity contribution is -0.376. The lowest BCUT2D eigenvalue weighted by atomic mass is 10.1. The lowest BCUT2D eigenvalue weighted by Crippen LogP contribution is -2.42. The van der Waals surface area contributed by atoms with Crippen molar-refractivity contribution in [1.29, 1.82) is 0 Å². The third kappa shape index (κ3) is 6.69. The van der Waals surface area contributed by atoms with Gasteiger partial charge in [0.15, 0.2) is 0 Å². The van der Waals surface area contributed by atoms with Gasteiger partial charge in [0.25, 0.3) is 5.91 Å². The highest BCUT2D eigenvalue weighted by Crippen LogP contribution is 2.33. The van der Waals surface area contributed by atoms with Gasteiger partial charge >= 0.3 is 12.1 Å². The average Bonchev–Trinajstić information content (AvgIpc) is 2.81. The number of imide groups is 1. The van der Waals surface area contributed by atoms with Crippen LogP contribution in [0.2, 0.25) is 0 Å². The average molecular weight is 478 g/mol. The van der Waals surface area contributed by atoms with E-state index in [-0.39, 0.29) is 18.3 Å². The highest BCUT2D eigenvalue weighted by molar-refractivity contribution is 7.99. The van der Waals surface area contributed by atoms with Gasteiger partial charge < -0.3 is 10.1 Å². The van der Waals surface area contributed by atoms with Gasteiger partial charge in [-0.1, -0.05) is 64.9 Å². The first-order valence-electron chi connectivity index (χ1n) is 10.4. The van der Waals surface area contributed by atoms with Crippen LogP contribution >= 0.6 is 11.8 Å². The molecular formula is C25H25N4O4S+. The summed E-state index contributed by atoms with van der Waals surface area (Å²) < 4.78 is 5.52. The van der Waals surface area contributed by atoms with E-state index in [1.165, 1.54) is 18.7 Å². The Bertz CT molecular complexity index is 1210. The number of nitrogens with zero attached hydrogens (tertiary/aromatic N) is 1. The van der Waals surface area contributed by atoms with Crippen molar-refractivity contribution in [2.45, 2.75) is 23.1 Å². The Morgan fingerprint density at radius 3 is 2.15 bits per heavy atom. The van der Waals surface area contributed by atoms with Crippen LogP contribution in [0.3, 0.4) is 0 Å². The Labute approximate surface area is 201 Å². The molecule has 0 aliphatic rings. The van der Waals surface area contributed by atoms with E-state index in [0.717, 1.165) is 27.0 Å². The molecule has 0 aliphatic heterocycles. The summed E-state index contributed by atoms with van der Waals surface area (Å²) in [5.41, 5.74) is 7.74. The third-order valence-corrected chi connectivity index (χ3v) is 5.59. The summed E-state index contributed by atoms with van der Waals surface area (Å²) in [7, 11) is 1.16. The second-order valence-corrected chi connectivity index (χ2v) is 8.32. The number of methoxy groups -OCH3 is 1. The topological polar surface area (TPSA) is 114 Å². The molecule has 0 aliphatic carbocycles. The molecule has 0 heterocycles. The van der Waals surface area contributed by atoms with Crippen LogP contribution in [-0.4, -0.2) is 35.6 Å². The molecule has 0 saturated carbocycles. The molecule has 3 aromatic rings. The molecule has 0 unspecified atom stereocenters. The van der Waals surface area contributed by atoms with Crippen LogP contribution in [0, 0.1) is 0 Å². The van der Waals surface area contributed by atoms with Gasteiger partial charge in [0, 0.05) is 16.7 Å². The molecule has 0 atom stereocenters. The molecule has 4 N–H and O–H groups in total. The Hall–Kier alpha value is -4.11. The number of amides is 3. The summed E-state index contributed by atoms with van der Waals surface area (Å²) in [4.78, 5) is 38.9. The van der Waals surface area contributed by atoms with Gasteiger partial charge in [-0.05, 0) is 35.9 Å². The van der Waals surface area contributed by atoms with Crippen LogP contribution in [0.15, 0.2) is 88.7 Å². The van der Waals surface area contributed by atoms with Crippen molar-refractivity contribution >= 4 is 47.0 Å². The number of nitrogens with two attached hydrogens (primary N) is 1. The summed E-state index contributed by atoms with van der Waals surface area (Å²) in [6.45, 7) is 1.38. The van der Waals surface area contributed by atoms with Crippen LogP contribution in [0.5, 0.6) is 0 Å². The number of hydrogen-bond acceptors (Lipinski definition) is 5. The zero-order valence-electron chi connectivity index (χ0n) is 18.8. The van der Waals surface area contributed by atoms with Crippen molar-refractivity contribution in [1.82, 2.24) is 0 Å². The maximum Gasteiger partial charge on any atom is 0.485 e. The van der Waals surface area contributed by atoms with Crippen molar-refractivity contribution in [3.05, 3.63) is 84.4 Å². The van der Waals surface area contributed by atoms with Crippen LogP contribution in [-0.2, 0) is 20.7 Å². The number of anilines is 2. The molecule has 0 bridgehead atoms. The number of hydrogen-bond donors (Lipinski definition) is 3. The number of carbonyl (C=O) groups excluding carboxylic acids is 3. The van der Waals surface area contributed by atoms with Crippen molar-refractivity contribution < 1.29 is 23.7 Å². The van der Waals surface area contributed by atoms with Gasteiger partial charge in [-0.2, -0.15) is 0 Å². The van der Waals surface area contributed by atoms with Gasteiger partial charge in [0.2, 0.25) is 5.91 Å². The Kier molecular flexibility index (Phi) is 8.42. The Balaban J connectivity index is 1.95. The minimum Gasteiger partial charge on any atom is -0.440 e. The minimum absolute atomic E-state index is 0.0548. The van der Waals surface area contributed by atoms with Gasteiger partial charge in [-0.15, -0.1) is 0 Å². The van der Waals surface area contributed by atoms with Crippen LogP contribution in [0.4, 0.5) is 16.2 Å². The van der Waals surface area contributed by atoms with E-state index in [0.29, 0.717) is 11.4 Å². The zero-order chi connectivity index (χ0) is 24.5. The Morgan fingerprint density at radius 2 is 1.53 bits per heavy atom. The van der Waals surface area contributed by atoms with Crippen LogP contribution in [0.1, 0.15) is 12.5 Å². The second-order valence-electron chi connectivity index (χ2n) is 7.18.